The van der Waals surface area contributed by atoms with Gasteiger partial charge in [0.1, 0.15) is 6.61 Å². The van der Waals surface area contributed by atoms with Gasteiger partial charge in [-0.25, -0.2) is 0 Å². The summed E-state index contributed by atoms with van der Waals surface area (Å²) in [5, 5.41) is 10.9. The SMILES string of the molecule is COc1cc(C=C2C(=N)N3N=C(C(F)(F)F)SC3=NC2=O)cc(Cl)c1OCc1ccccc1. The Hall–Kier alpha value is -3.31. The number of nitrogens with zero attached hydrogens (tertiary/aromatic N) is 3. The molecule has 0 radical (unpaired) electrons. The number of benzene rings is 2. The van der Waals surface area contributed by atoms with Gasteiger partial charge in [-0.1, -0.05) is 41.9 Å². The van der Waals surface area contributed by atoms with Crippen LogP contribution in [0.4, 0.5) is 13.2 Å². The van der Waals surface area contributed by atoms with Crippen molar-refractivity contribution in [1.29, 1.82) is 5.41 Å². The summed E-state index contributed by atoms with van der Waals surface area (Å²) in [4.78, 5) is 16.1. The topological polar surface area (TPSA) is 87.3 Å². The monoisotopic (exact) mass is 494 g/mol. The van der Waals surface area contributed by atoms with Crippen LogP contribution in [0.5, 0.6) is 11.5 Å². The first-order valence-corrected chi connectivity index (χ1v) is 10.5. The molecular formula is C21H14ClF3N4O3S. The second-order valence-electron chi connectivity index (χ2n) is 6.73. The number of methoxy groups -OCH3 is 1. The van der Waals surface area contributed by atoms with Gasteiger partial charge in [-0.3, -0.25) is 10.2 Å². The maximum absolute atomic E-state index is 13.0. The van der Waals surface area contributed by atoms with Crippen molar-refractivity contribution in [1.82, 2.24) is 5.01 Å². The van der Waals surface area contributed by atoms with Gasteiger partial charge in [0.2, 0.25) is 10.2 Å². The molecule has 0 saturated carbocycles. The van der Waals surface area contributed by atoms with Crippen molar-refractivity contribution in [2.45, 2.75) is 12.8 Å². The standard InChI is InChI=1S/C21H14ClF3N4O3S/c1-31-15-9-12(8-14(22)16(15)32-10-11-5-3-2-4-6-11)7-13-17(26)29-20(27-18(13)30)33-19(28-29)21(23,24)25/h2-9,26H,10H2,1H3. The van der Waals surface area contributed by atoms with E-state index in [0.29, 0.717) is 10.6 Å². The lowest BCUT2D eigenvalue weighted by Crippen LogP contribution is -2.35. The molecule has 0 bridgehead atoms. The highest BCUT2D eigenvalue weighted by Crippen LogP contribution is 2.39. The maximum Gasteiger partial charge on any atom is 0.441 e. The number of aliphatic imine (C=N–C) groups is 1. The third-order valence-corrected chi connectivity index (χ3v) is 5.72. The van der Waals surface area contributed by atoms with Crippen LogP contribution in [0.1, 0.15) is 11.1 Å². The zero-order valence-electron chi connectivity index (χ0n) is 16.8. The first kappa shape index (κ1) is 22.9. The molecule has 0 spiro atoms. The first-order valence-electron chi connectivity index (χ1n) is 9.29. The fourth-order valence-corrected chi connectivity index (χ4v) is 4.00. The zero-order chi connectivity index (χ0) is 23.8. The molecule has 1 N–H and O–H groups in total. The molecule has 0 aromatic heterocycles. The van der Waals surface area contributed by atoms with E-state index >= 15 is 0 Å². The normalized spacial score (nSPS) is 17.1. The molecule has 0 atom stereocenters. The summed E-state index contributed by atoms with van der Waals surface area (Å²) >= 11 is 6.55. The predicted molar refractivity (Wildman–Crippen MR) is 120 cm³/mol. The number of ether oxygens (including phenoxy) is 2. The number of amidine groups is 2. The van der Waals surface area contributed by atoms with Crippen LogP contribution in [-0.4, -0.2) is 40.2 Å². The molecule has 0 fully saturated rings. The minimum atomic E-state index is -4.71. The van der Waals surface area contributed by atoms with Gasteiger partial charge >= 0.3 is 6.18 Å². The fourth-order valence-electron chi connectivity index (χ4n) is 2.97. The lowest BCUT2D eigenvalue weighted by molar-refractivity contribution is -0.114. The van der Waals surface area contributed by atoms with E-state index < -0.39 is 23.0 Å². The van der Waals surface area contributed by atoms with E-state index in [2.05, 4.69) is 10.1 Å². The summed E-state index contributed by atoms with van der Waals surface area (Å²) in [7, 11) is 1.41. The molecule has 12 heteroatoms. The van der Waals surface area contributed by atoms with Crippen LogP contribution >= 0.6 is 23.4 Å². The zero-order valence-corrected chi connectivity index (χ0v) is 18.4. The van der Waals surface area contributed by atoms with E-state index in [0.717, 1.165) is 5.56 Å². The molecule has 0 saturated heterocycles. The summed E-state index contributed by atoms with van der Waals surface area (Å²) < 4.78 is 50.0. The summed E-state index contributed by atoms with van der Waals surface area (Å²) in [6, 6.07) is 12.4. The number of alkyl halides is 3. The Bertz CT molecular complexity index is 1230. The summed E-state index contributed by atoms with van der Waals surface area (Å²) in [5.74, 6) is -0.836. The van der Waals surface area contributed by atoms with Crippen LogP contribution in [0.25, 0.3) is 6.08 Å². The van der Waals surface area contributed by atoms with Gasteiger partial charge in [-0.05, 0) is 41.1 Å². The van der Waals surface area contributed by atoms with Crippen molar-refractivity contribution in [2.75, 3.05) is 7.11 Å². The van der Waals surface area contributed by atoms with Gasteiger partial charge in [0.05, 0.1) is 17.7 Å². The molecule has 2 aliphatic heterocycles. The van der Waals surface area contributed by atoms with Crippen LogP contribution in [0, 0.1) is 5.41 Å². The van der Waals surface area contributed by atoms with E-state index in [9.17, 15) is 18.0 Å². The Kier molecular flexibility index (Phi) is 6.17. The Balaban J connectivity index is 1.62. The molecule has 7 nitrogen and oxygen atoms in total. The quantitative estimate of drug-likeness (QED) is 0.584. The minimum Gasteiger partial charge on any atom is -0.493 e. The van der Waals surface area contributed by atoms with Crippen LogP contribution in [0.2, 0.25) is 5.02 Å². The molecule has 2 aromatic rings. The second-order valence-corrected chi connectivity index (χ2v) is 8.09. The molecule has 2 aromatic carbocycles. The van der Waals surface area contributed by atoms with E-state index in [-0.39, 0.29) is 45.6 Å². The van der Waals surface area contributed by atoms with Gasteiger partial charge in [0.15, 0.2) is 17.3 Å². The van der Waals surface area contributed by atoms with Gasteiger partial charge < -0.3 is 9.47 Å². The third-order valence-electron chi connectivity index (χ3n) is 4.49. The maximum atomic E-state index is 13.0. The Morgan fingerprint density at radius 2 is 1.97 bits per heavy atom. The number of amides is 1. The van der Waals surface area contributed by atoms with Crippen molar-refractivity contribution >= 4 is 51.4 Å². The highest BCUT2D eigenvalue weighted by Gasteiger charge is 2.46. The molecule has 0 unspecified atom stereocenters. The Morgan fingerprint density at radius 3 is 2.64 bits per heavy atom. The lowest BCUT2D eigenvalue weighted by Gasteiger charge is -2.20. The van der Waals surface area contributed by atoms with Crippen molar-refractivity contribution in [3.8, 4) is 11.5 Å². The number of hydrogen-bond donors (Lipinski definition) is 1. The number of halogens is 4. The second kappa shape index (κ2) is 8.91. The highest BCUT2D eigenvalue weighted by atomic mass is 35.5. The average Bonchev–Trinajstić information content (AvgIpc) is 3.21. The molecule has 2 aliphatic rings. The number of carbonyl (C=O) groups is 1. The fraction of sp³-hybridized carbons (Fsp3) is 0.143. The first-order chi connectivity index (χ1) is 15.7. The van der Waals surface area contributed by atoms with Crippen molar-refractivity contribution in [2.24, 2.45) is 10.1 Å². The number of carbonyl (C=O) groups excluding carboxylic acids is 1. The molecule has 0 aliphatic carbocycles. The molecule has 4 rings (SSSR count). The highest BCUT2D eigenvalue weighted by molar-refractivity contribution is 8.27. The Morgan fingerprint density at radius 1 is 1.24 bits per heavy atom. The van der Waals surface area contributed by atoms with Crippen LogP contribution in [0.3, 0.4) is 0 Å². The van der Waals surface area contributed by atoms with E-state index in [4.69, 9.17) is 26.5 Å². The Labute approximate surface area is 195 Å². The molecule has 170 valence electrons. The summed E-state index contributed by atoms with van der Waals surface area (Å²) in [6.45, 7) is 0.240. The van der Waals surface area contributed by atoms with E-state index in [1.54, 1.807) is 0 Å². The molecule has 1 amide bonds. The third kappa shape index (κ3) is 4.74. The van der Waals surface area contributed by atoms with Gasteiger partial charge in [0.25, 0.3) is 5.91 Å². The van der Waals surface area contributed by atoms with E-state index in [1.165, 1.54) is 25.3 Å². The van der Waals surface area contributed by atoms with Crippen molar-refractivity contribution in [3.63, 3.8) is 0 Å². The summed E-state index contributed by atoms with van der Waals surface area (Å²) in [6.07, 6.45) is -3.43. The van der Waals surface area contributed by atoms with E-state index in [1.807, 2.05) is 30.3 Å². The van der Waals surface area contributed by atoms with Crippen molar-refractivity contribution < 1.29 is 27.4 Å². The number of thioether (sulfide) groups is 1. The lowest BCUT2D eigenvalue weighted by atomic mass is 10.1. The van der Waals surface area contributed by atoms with Crippen molar-refractivity contribution in [3.05, 3.63) is 64.2 Å². The molecule has 2 heterocycles. The predicted octanol–water partition coefficient (Wildman–Crippen LogP) is 5.11. The molecular weight excluding hydrogens is 481 g/mol. The summed E-state index contributed by atoms with van der Waals surface area (Å²) in [5.41, 5.74) is 1.03. The number of hydrogen-bond acceptors (Lipinski definition) is 6. The average molecular weight is 495 g/mol. The van der Waals surface area contributed by atoms with Crippen LogP contribution < -0.4 is 9.47 Å². The minimum absolute atomic E-state index is 0.185. The van der Waals surface area contributed by atoms with Gasteiger partial charge in [-0.2, -0.15) is 28.3 Å². The number of rotatable bonds is 5. The smallest absolute Gasteiger partial charge is 0.441 e. The number of hydrazone groups is 1. The van der Waals surface area contributed by atoms with Gasteiger partial charge in [-0.15, -0.1) is 0 Å². The number of nitrogens with one attached hydrogen (secondary N) is 1. The largest absolute Gasteiger partial charge is 0.493 e. The number of fused-ring (bicyclic) bond motifs is 1. The molecule has 33 heavy (non-hydrogen) atoms. The van der Waals surface area contributed by atoms with Gasteiger partial charge in [0, 0.05) is 0 Å². The van der Waals surface area contributed by atoms with Crippen LogP contribution in [-0.2, 0) is 11.4 Å². The van der Waals surface area contributed by atoms with Crippen LogP contribution in [0.15, 0.2) is 58.1 Å².